The molecular weight excluding hydrogens is 455 g/mol. The minimum atomic E-state index is -0.771. The van der Waals surface area contributed by atoms with E-state index in [2.05, 4.69) is 56.2 Å². The van der Waals surface area contributed by atoms with Crippen molar-refractivity contribution in [2.45, 2.75) is 64.6 Å². The van der Waals surface area contributed by atoms with Crippen LogP contribution in [0.5, 0.6) is 6.01 Å². The number of piperazine rings is 1. The first kappa shape index (κ1) is 25.7. The lowest BCUT2D eigenvalue weighted by atomic mass is 10.0. The summed E-state index contributed by atoms with van der Waals surface area (Å²) in [5.41, 5.74) is 1.23. The molecule has 1 unspecified atom stereocenters. The van der Waals surface area contributed by atoms with E-state index in [1.165, 1.54) is 0 Å². The van der Waals surface area contributed by atoms with Gasteiger partial charge in [0.05, 0.1) is 24.0 Å². The molecule has 4 heterocycles. The molecule has 2 aliphatic heterocycles. The van der Waals surface area contributed by atoms with E-state index in [4.69, 9.17) is 9.47 Å². The number of anilines is 2. The number of rotatable bonds is 9. The van der Waals surface area contributed by atoms with Crippen LogP contribution in [0.3, 0.4) is 0 Å². The first-order valence-electron chi connectivity index (χ1n) is 12.0. The van der Waals surface area contributed by atoms with Crippen LogP contribution in [0.25, 0.3) is 0 Å². The Morgan fingerprint density at radius 2 is 2.03 bits per heavy atom. The summed E-state index contributed by atoms with van der Waals surface area (Å²) in [7, 11) is 3.73. The maximum Gasteiger partial charge on any atom is 0.318 e. The molecule has 3 N–H and O–H groups in total. The van der Waals surface area contributed by atoms with Gasteiger partial charge >= 0.3 is 6.01 Å². The molecule has 2 aromatic heterocycles. The smallest absolute Gasteiger partial charge is 0.318 e. The van der Waals surface area contributed by atoms with Crippen LogP contribution in [-0.4, -0.2) is 98.9 Å². The molecule has 0 aliphatic carbocycles. The molecule has 0 spiro atoms. The number of aromatic amines is 1. The second kappa shape index (κ2) is 10.3. The highest BCUT2D eigenvalue weighted by molar-refractivity contribution is 5.59. The summed E-state index contributed by atoms with van der Waals surface area (Å²) in [5, 5.41) is 21.9. The van der Waals surface area contributed by atoms with E-state index in [0.29, 0.717) is 38.0 Å². The molecular formula is C23H37FN8O3. The fourth-order valence-electron chi connectivity index (χ4n) is 4.82. The molecule has 2 aromatic rings. The van der Waals surface area contributed by atoms with Crippen molar-refractivity contribution in [2.75, 3.05) is 45.8 Å². The van der Waals surface area contributed by atoms with E-state index in [0.717, 1.165) is 30.5 Å². The minimum absolute atomic E-state index is 0.0191. The molecule has 11 nitrogen and oxygen atoms in total. The Balaban J connectivity index is 1.50. The van der Waals surface area contributed by atoms with Gasteiger partial charge < -0.3 is 24.8 Å². The van der Waals surface area contributed by atoms with E-state index >= 15 is 0 Å². The van der Waals surface area contributed by atoms with Gasteiger partial charge in [0.1, 0.15) is 0 Å². The van der Waals surface area contributed by atoms with Crippen molar-refractivity contribution in [1.29, 1.82) is 0 Å². The third-order valence-corrected chi connectivity index (χ3v) is 7.13. The highest BCUT2D eigenvalue weighted by Crippen LogP contribution is 2.43. The Morgan fingerprint density at radius 3 is 2.77 bits per heavy atom. The molecule has 0 bridgehead atoms. The number of halogens is 1. The molecule has 2 aliphatic rings. The van der Waals surface area contributed by atoms with Crippen LogP contribution >= 0.6 is 0 Å². The lowest BCUT2D eigenvalue weighted by Gasteiger charge is -2.48. The highest BCUT2D eigenvalue weighted by atomic mass is 19.1. The van der Waals surface area contributed by atoms with Gasteiger partial charge in [-0.3, -0.25) is 14.9 Å². The minimum Gasteiger partial charge on any atom is -0.463 e. The summed E-state index contributed by atoms with van der Waals surface area (Å²) >= 11 is 0. The van der Waals surface area contributed by atoms with Gasteiger partial charge in [0.2, 0.25) is 0 Å². The molecule has 35 heavy (non-hydrogen) atoms. The average Bonchev–Trinajstić information content (AvgIpc) is 3.33. The predicted molar refractivity (Wildman–Crippen MR) is 129 cm³/mol. The zero-order valence-electron chi connectivity index (χ0n) is 21.4. The number of likely N-dealkylation sites (N-methyl/N-ethyl adjacent to an activating group) is 1. The predicted octanol–water partition coefficient (Wildman–Crippen LogP) is 1.85. The van der Waals surface area contributed by atoms with Crippen molar-refractivity contribution in [3.05, 3.63) is 23.3 Å². The average molecular weight is 493 g/mol. The van der Waals surface area contributed by atoms with E-state index in [1.807, 2.05) is 18.7 Å². The van der Waals surface area contributed by atoms with Gasteiger partial charge in [0, 0.05) is 57.4 Å². The molecule has 0 amide bonds. The monoisotopic (exact) mass is 492 g/mol. The Kier molecular flexibility index (Phi) is 7.57. The van der Waals surface area contributed by atoms with Crippen LogP contribution in [0, 0.1) is 5.82 Å². The zero-order chi connectivity index (χ0) is 25.3. The standard InChI is InChI=1S/C23H37FN8O3/c1-14-12-31(15(2)11-30(14)5)22(33)32-13-16-18(23(32,3)4)28-29-19(16)26-20-17(24)10-25-21(27-20)35-9-7-8-34-6/h10,14-15,22,33H,7-9,11-13H2,1-6H3,(H2,25,26,27,28,29)/t14-,15+,22?/m1/s1. The van der Waals surface area contributed by atoms with Gasteiger partial charge in [-0.05, 0) is 34.7 Å². The fraction of sp³-hybridized carbons (Fsp3) is 0.696. The van der Waals surface area contributed by atoms with Gasteiger partial charge in [0.15, 0.2) is 23.8 Å². The maximum atomic E-state index is 14.5. The normalized spacial score (nSPS) is 23.9. The topological polar surface area (TPSA) is 115 Å². The van der Waals surface area contributed by atoms with Crippen LogP contribution < -0.4 is 10.1 Å². The van der Waals surface area contributed by atoms with Gasteiger partial charge in [-0.25, -0.2) is 9.37 Å². The number of hydrogen-bond acceptors (Lipinski definition) is 10. The Morgan fingerprint density at radius 1 is 1.26 bits per heavy atom. The molecule has 0 radical (unpaired) electrons. The molecule has 1 saturated heterocycles. The maximum absolute atomic E-state index is 14.5. The number of hydrogen-bond donors (Lipinski definition) is 3. The van der Waals surface area contributed by atoms with E-state index in [1.54, 1.807) is 7.11 Å². The summed E-state index contributed by atoms with van der Waals surface area (Å²) in [6.07, 6.45) is 0.974. The van der Waals surface area contributed by atoms with Crippen LogP contribution in [-0.2, 0) is 16.8 Å². The summed E-state index contributed by atoms with van der Waals surface area (Å²) < 4.78 is 25.0. The number of aliphatic hydroxyl groups is 1. The molecule has 4 rings (SSSR count). The molecule has 1 fully saturated rings. The molecule has 3 atom stereocenters. The SMILES string of the molecule is COCCCOc1ncc(F)c(Nc2n[nH]c3c2CN(C(O)N2C[C@@H](C)N(C)C[C@@H]2C)C3(C)C)n1. The number of ether oxygens (including phenoxy) is 2. The van der Waals surface area contributed by atoms with Crippen molar-refractivity contribution >= 4 is 11.6 Å². The first-order valence-corrected chi connectivity index (χ1v) is 12.0. The van der Waals surface area contributed by atoms with Gasteiger partial charge in [-0.15, -0.1) is 0 Å². The highest BCUT2D eigenvalue weighted by Gasteiger charge is 2.47. The van der Waals surface area contributed by atoms with Crippen LogP contribution in [0.15, 0.2) is 6.20 Å². The van der Waals surface area contributed by atoms with Gasteiger partial charge in [-0.1, -0.05) is 0 Å². The third kappa shape index (κ3) is 5.12. The number of fused-ring (bicyclic) bond motifs is 1. The Labute approximate surface area is 205 Å². The van der Waals surface area contributed by atoms with Crippen LogP contribution in [0.2, 0.25) is 0 Å². The molecule has 194 valence electrons. The van der Waals surface area contributed by atoms with Crippen molar-refractivity contribution < 1.29 is 19.0 Å². The van der Waals surface area contributed by atoms with E-state index < -0.39 is 17.7 Å². The zero-order valence-corrected chi connectivity index (χ0v) is 21.4. The van der Waals surface area contributed by atoms with Crippen molar-refractivity contribution in [1.82, 2.24) is 34.9 Å². The van der Waals surface area contributed by atoms with Crippen molar-refractivity contribution in [2.24, 2.45) is 0 Å². The lowest BCUT2D eigenvalue weighted by molar-refractivity contribution is -0.178. The Hall–Kier alpha value is -2.38. The van der Waals surface area contributed by atoms with Crippen molar-refractivity contribution in [3.63, 3.8) is 0 Å². The molecule has 0 saturated carbocycles. The third-order valence-electron chi connectivity index (χ3n) is 7.13. The van der Waals surface area contributed by atoms with Crippen molar-refractivity contribution in [3.8, 4) is 6.01 Å². The van der Waals surface area contributed by atoms with Crippen LogP contribution in [0.4, 0.5) is 16.0 Å². The summed E-state index contributed by atoms with van der Waals surface area (Å²) in [6.45, 7) is 11.4. The summed E-state index contributed by atoms with van der Waals surface area (Å²) in [4.78, 5) is 14.6. The van der Waals surface area contributed by atoms with E-state index in [9.17, 15) is 9.50 Å². The van der Waals surface area contributed by atoms with Gasteiger partial charge in [-0.2, -0.15) is 10.1 Å². The number of H-pyrrole nitrogens is 1. The quantitative estimate of drug-likeness (QED) is 0.448. The fourth-order valence-corrected chi connectivity index (χ4v) is 4.82. The van der Waals surface area contributed by atoms with Gasteiger partial charge in [0.25, 0.3) is 0 Å². The summed E-state index contributed by atoms with van der Waals surface area (Å²) in [6, 6.07) is 0.622. The first-order chi connectivity index (χ1) is 16.6. The number of aliphatic hydroxyl groups excluding tert-OH is 1. The number of nitrogens with one attached hydrogen (secondary N) is 2. The number of methoxy groups -OCH3 is 1. The Bertz CT molecular complexity index is 1020. The largest absolute Gasteiger partial charge is 0.463 e. The number of aromatic nitrogens is 4. The second-order valence-electron chi connectivity index (χ2n) is 9.96. The number of nitrogens with zero attached hydrogens (tertiary/aromatic N) is 6. The van der Waals surface area contributed by atoms with E-state index in [-0.39, 0.29) is 17.9 Å². The molecule has 0 aromatic carbocycles. The lowest BCUT2D eigenvalue weighted by Crippen LogP contribution is -2.63. The second-order valence-corrected chi connectivity index (χ2v) is 9.96. The molecule has 12 heteroatoms. The van der Waals surface area contributed by atoms with Crippen LogP contribution in [0.1, 0.15) is 45.4 Å². The summed E-state index contributed by atoms with van der Waals surface area (Å²) in [5.74, 6) is -0.166.